The number of nitrogens with zero attached hydrogens (tertiary/aromatic N) is 4. The SMILES string of the molecule is CN(CCN1CCN(c2cccc3ccoc23)CC1)C(=O)c1ccc(C#N)cc1. The van der Waals surface area contributed by atoms with Crippen molar-refractivity contribution in [3.05, 3.63) is 65.9 Å². The Bertz CT molecular complexity index is 1030. The lowest BCUT2D eigenvalue weighted by atomic mass is 10.1. The summed E-state index contributed by atoms with van der Waals surface area (Å²) in [5.74, 6) is -0.0161. The quantitative estimate of drug-likeness (QED) is 0.672. The Balaban J connectivity index is 1.29. The van der Waals surface area contributed by atoms with Crippen LogP contribution in [0.25, 0.3) is 11.0 Å². The zero-order valence-electron chi connectivity index (χ0n) is 16.5. The molecule has 1 aliphatic rings. The molecule has 0 saturated carbocycles. The van der Waals surface area contributed by atoms with Gasteiger partial charge in [0.15, 0.2) is 5.58 Å². The second-order valence-electron chi connectivity index (χ2n) is 7.36. The van der Waals surface area contributed by atoms with Crippen LogP contribution in [-0.4, -0.2) is 62.0 Å². The van der Waals surface area contributed by atoms with Crippen LogP contribution >= 0.6 is 0 Å². The number of hydrogen-bond acceptors (Lipinski definition) is 5. The third kappa shape index (κ3) is 4.10. The molecule has 0 atom stereocenters. The molecule has 2 aromatic carbocycles. The molecule has 29 heavy (non-hydrogen) atoms. The Morgan fingerprint density at radius 2 is 1.86 bits per heavy atom. The fourth-order valence-corrected chi connectivity index (χ4v) is 3.74. The number of fused-ring (bicyclic) bond motifs is 1. The number of carbonyl (C=O) groups excluding carboxylic acids is 1. The standard InChI is InChI=1S/C23H24N4O2/c1-25(23(28)20-7-5-18(17-24)6-8-20)10-11-26-12-14-27(15-13-26)21-4-2-3-19-9-16-29-22(19)21/h2-9,16H,10-15H2,1H3. The first-order valence-electron chi connectivity index (χ1n) is 9.85. The van der Waals surface area contributed by atoms with E-state index < -0.39 is 0 Å². The summed E-state index contributed by atoms with van der Waals surface area (Å²) < 4.78 is 5.67. The Kier molecular flexibility index (Phi) is 5.50. The van der Waals surface area contributed by atoms with Crippen molar-refractivity contribution in [1.82, 2.24) is 9.80 Å². The molecule has 0 bridgehead atoms. The molecule has 1 aliphatic heterocycles. The number of furan rings is 1. The van der Waals surface area contributed by atoms with Crippen molar-refractivity contribution in [2.75, 3.05) is 51.2 Å². The molecule has 6 nitrogen and oxygen atoms in total. The van der Waals surface area contributed by atoms with Gasteiger partial charge in [-0.3, -0.25) is 9.69 Å². The summed E-state index contributed by atoms with van der Waals surface area (Å²) in [6.07, 6.45) is 1.74. The highest BCUT2D eigenvalue weighted by Gasteiger charge is 2.20. The number of para-hydroxylation sites is 1. The van der Waals surface area contributed by atoms with Gasteiger partial charge in [-0.25, -0.2) is 0 Å². The van der Waals surface area contributed by atoms with Crippen molar-refractivity contribution >= 4 is 22.6 Å². The maximum absolute atomic E-state index is 12.6. The van der Waals surface area contributed by atoms with Crippen molar-refractivity contribution < 1.29 is 9.21 Å². The lowest BCUT2D eigenvalue weighted by molar-refractivity contribution is 0.0776. The molecule has 0 radical (unpaired) electrons. The number of nitriles is 1. The van der Waals surface area contributed by atoms with Gasteiger partial charge in [0.25, 0.3) is 5.91 Å². The van der Waals surface area contributed by atoms with Crippen LogP contribution in [0.2, 0.25) is 0 Å². The van der Waals surface area contributed by atoms with E-state index in [9.17, 15) is 4.79 Å². The van der Waals surface area contributed by atoms with Crippen LogP contribution < -0.4 is 4.90 Å². The molecule has 3 aromatic rings. The highest BCUT2D eigenvalue weighted by Crippen LogP contribution is 2.28. The van der Waals surface area contributed by atoms with Gasteiger partial charge in [0.2, 0.25) is 0 Å². The van der Waals surface area contributed by atoms with Gasteiger partial charge >= 0.3 is 0 Å². The summed E-state index contributed by atoms with van der Waals surface area (Å²) in [6, 6.07) is 17.1. The minimum Gasteiger partial charge on any atom is -0.462 e. The Hall–Kier alpha value is -3.30. The van der Waals surface area contributed by atoms with Crippen LogP contribution in [0.3, 0.4) is 0 Å². The molecule has 1 fully saturated rings. The van der Waals surface area contributed by atoms with Gasteiger partial charge in [-0.15, -0.1) is 0 Å². The number of benzene rings is 2. The zero-order valence-corrected chi connectivity index (χ0v) is 16.5. The Labute approximate surface area is 170 Å². The molecule has 1 saturated heterocycles. The number of piperazine rings is 1. The molecule has 0 aliphatic carbocycles. The summed E-state index contributed by atoms with van der Waals surface area (Å²) in [7, 11) is 1.83. The number of rotatable bonds is 5. The van der Waals surface area contributed by atoms with Gasteiger partial charge in [-0.05, 0) is 36.4 Å². The first kappa shape index (κ1) is 19.0. The van der Waals surface area contributed by atoms with E-state index in [0.717, 1.165) is 49.4 Å². The molecule has 1 amide bonds. The van der Waals surface area contributed by atoms with E-state index in [2.05, 4.69) is 34.1 Å². The minimum absolute atomic E-state index is 0.0161. The second kappa shape index (κ2) is 8.38. The van der Waals surface area contributed by atoms with E-state index in [1.165, 1.54) is 0 Å². The predicted octanol–water partition coefficient (Wildman–Crippen LogP) is 3.20. The summed E-state index contributed by atoms with van der Waals surface area (Å²) >= 11 is 0. The highest BCUT2D eigenvalue weighted by atomic mass is 16.3. The topological polar surface area (TPSA) is 63.7 Å². The average Bonchev–Trinajstić information content (AvgIpc) is 3.26. The lowest BCUT2D eigenvalue weighted by Crippen LogP contribution is -2.48. The van der Waals surface area contributed by atoms with Gasteiger partial charge in [0, 0.05) is 57.3 Å². The second-order valence-corrected chi connectivity index (χ2v) is 7.36. The molecular formula is C23H24N4O2. The molecule has 2 heterocycles. The van der Waals surface area contributed by atoms with Crippen molar-refractivity contribution in [1.29, 1.82) is 5.26 Å². The number of likely N-dealkylation sites (N-methyl/N-ethyl adjacent to an activating group) is 1. The van der Waals surface area contributed by atoms with Crippen LogP contribution in [0.1, 0.15) is 15.9 Å². The van der Waals surface area contributed by atoms with E-state index in [-0.39, 0.29) is 5.91 Å². The van der Waals surface area contributed by atoms with Crippen LogP contribution in [-0.2, 0) is 0 Å². The average molecular weight is 388 g/mol. The van der Waals surface area contributed by atoms with E-state index >= 15 is 0 Å². The monoisotopic (exact) mass is 388 g/mol. The maximum atomic E-state index is 12.6. The fourth-order valence-electron chi connectivity index (χ4n) is 3.74. The molecule has 1 aromatic heterocycles. The van der Waals surface area contributed by atoms with Gasteiger partial charge in [-0.2, -0.15) is 5.26 Å². The largest absolute Gasteiger partial charge is 0.462 e. The van der Waals surface area contributed by atoms with Gasteiger partial charge in [0.1, 0.15) is 0 Å². The molecular weight excluding hydrogens is 364 g/mol. The third-order valence-corrected chi connectivity index (χ3v) is 5.53. The van der Waals surface area contributed by atoms with Crippen LogP contribution in [0.15, 0.2) is 59.2 Å². The number of carbonyl (C=O) groups is 1. The minimum atomic E-state index is -0.0161. The number of amides is 1. The number of anilines is 1. The van der Waals surface area contributed by atoms with Crippen molar-refractivity contribution in [3.63, 3.8) is 0 Å². The summed E-state index contributed by atoms with van der Waals surface area (Å²) in [5.41, 5.74) is 3.28. The number of hydrogen-bond donors (Lipinski definition) is 0. The van der Waals surface area contributed by atoms with Crippen molar-refractivity contribution in [2.24, 2.45) is 0 Å². The van der Waals surface area contributed by atoms with Crippen LogP contribution in [0, 0.1) is 11.3 Å². The molecule has 4 rings (SSSR count). The van der Waals surface area contributed by atoms with Gasteiger partial charge in [-0.1, -0.05) is 12.1 Å². The van der Waals surface area contributed by atoms with Crippen molar-refractivity contribution in [2.45, 2.75) is 0 Å². The Morgan fingerprint density at radius 3 is 2.59 bits per heavy atom. The maximum Gasteiger partial charge on any atom is 0.253 e. The first-order chi connectivity index (χ1) is 14.2. The summed E-state index contributed by atoms with van der Waals surface area (Å²) in [6.45, 7) is 5.30. The zero-order chi connectivity index (χ0) is 20.2. The molecule has 0 spiro atoms. The molecule has 0 N–H and O–H groups in total. The summed E-state index contributed by atoms with van der Waals surface area (Å²) in [5, 5.41) is 10.0. The van der Waals surface area contributed by atoms with Crippen LogP contribution in [0.4, 0.5) is 5.69 Å². The predicted molar refractivity (Wildman–Crippen MR) is 113 cm³/mol. The smallest absolute Gasteiger partial charge is 0.253 e. The van der Waals surface area contributed by atoms with Gasteiger partial charge in [0.05, 0.1) is 23.6 Å². The van der Waals surface area contributed by atoms with E-state index in [1.807, 2.05) is 13.1 Å². The lowest BCUT2D eigenvalue weighted by Gasteiger charge is -2.36. The fraction of sp³-hybridized carbons (Fsp3) is 0.304. The van der Waals surface area contributed by atoms with Gasteiger partial charge < -0.3 is 14.2 Å². The van der Waals surface area contributed by atoms with Crippen molar-refractivity contribution in [3.8, 4) is 6.07 Å². The molecule has 6 heteroatoms. The van der Waals surface area contributed by atoms with E-state index in [0.29, 0.717) is 17.7 Å². The van der Waals surface area contributed by atoms with Crippen LogP contribution in [0.5, 0.6) is 0 Å². The van der Waals surface area contributed by atoms with E-state index in [1.54, 1.807) is 35.4 Å². The molecule has 0 unspecified atom stereocenters. The van der Waals surface area contributed by atoms with E-state index in [4.69, 9.17) is 9.68 Å². The molecule has 148 valence electrons. The third-order valence-electron chi connectivity index (χ3n) is 5.53. The Morgan fingerprint density at radius 1 is 1.10 bits per heavy atom. The normalized spacial score (nSPS) is 14.7. The first-order valence-corrected chi connectivity index (χ1v) is 9.85. The summed E-state index contributed by atoms with van der Waals surface area (Å²) in [4.78, 5) is 19.1. The highest BCUT2D eigenvalue weighted by molar-refractivity contribution is 5.94.